The SMILES string of the molecule is COCC(C)n1ccnc1-c1ccc2cccc(Cl)c2n1. The predicted octanol–water partition coefficient (Wildman–Crippen LogP) is 3.96. The van der Waals surface area contributed by atoms with Crippen molar-refractivity contribution in [2.45, 2.75) is 13.0 Å². The molecule has 1 atom stereocenters. The Morgan fingerprint density at radius 1 is 1.29 bits per heavy atom. The number of rotatable bonds is 4. The minimum absolute atomic E-state index is 0.191. The molecule has 0 amide bonds. The van der Waals surface area contributed by atoms with Crippen LogP contribution in [0.4, 0.5) is 0 Å². The molecule has 1 unspecified atom stereocenters. The molecular weight excluding hydrogens is 286 g/mol. The van der Waals surface area contributed by atoms with Crippen molar-refractivity contribution in [2.75, 3.05) is 13.7 Å². The molecule has 0 bridgehead atoms. The van der Waals surface area contributed by atoms with E-state index in [0.29, 0.717) is 11.6 Å². The Labute approximate surface area is 128 Å². The van der Waals surface area contributed by atoms with Crippen LogP contribution in [0.15, 0.2) is 42.7 Å². The molecule has 0 aliphatic carbocycles. The molecule has 2 aromatic heterocycles. The Bertz CT molecular complexity index is 769. The number of benzene rings is 1. The summed E-state index contributed by atoms with van der Waals surface area (Å²) in [7, 11) is 1.70. The maximum Gasteiger partial charge on any atom is 0.158 e. The Kier molecular flexibility index (Phi) is 3.90. The van der Waals surface area contributed by atoms with E-state index in [2.05, 4.69) is 21.5 Å². The maximum absolute atomic E-state index is 6.23. The summed E-state index contributed by atoms with van der Waals surface area (Å²) in [5, 5.41) is 1.67. The van der Waals surface area contributed by atoms with Gasteiger partial charge in [0.25, 0.3) is 0 Å². The van der Waals surface area contributed by atoms with Gasteiger partial charge in [0.1, 0.15) is 5.69 Å². The summed E-state index contributed by atoms with van der Waals surface area (Å²) in [6.07, 6.45) is 3.72. The molecule has 5 heteroatoms. The van der Waals surface area contributed by atoms with Gasteiger partial charge in [0.05, 0.1) is 23.2 Å². The van der Waals surface area contributed by atoms with E-state index in [1.54, 1.807) is 13.3 Å². The van der Waals surface area contributed by atoms with E-state index in [1.807, 2.05) is 36.5 Å². The average molecular weight is 302 g/mol. The third-order valence-electron chi connectivity index (χ3n) is 3.45. The van der Waals surface area contributed by atoms with E-state index >= 15 is 0 Å². The van der Waals surface area contributed by atoms with Gasteiger partial charge in [-0.1, -0.05) is 29.8 Å². The second-order valence-electron chi connectivity index (χ2n) is 4.97. The molecule has 0 saturated carbocycles. The lowest BCUT2D eigenvalue weighted by Gasteiger charge is -2.15. The summed E-state index contributed by atoms with van der Waals surface area (Å²) in [6.45, 7) is 2.71. The van der Waals surface area contributed by atoms with E-state index in [0.717, 1.165) is 22.4 Å². The summed E-state index contributed by atoms with van der Waals surface area (Å²) >= 11 is 6.23. The van der Waals surface area contributed by atoms with Gasteiger partial charge >= 0.3 is 0 Å². The number of halogens is 1. The minimum atomic E-state index is 0.191. The Hall–Kier alpha value is -1.91. The normalized spacial score (nSPS) is 12.7. The van der Waals surface area contributed by atoms with Crippen molar-refractivity contribution in [2.24, 2.45) is 0 Å². The van der Waals surface area contributed by atoms with Crippen molar-refractivity contribution in [1.82, 2.24) is 14.5 Å². The summed E-state index contributed by atoms with van der Waals surface area (Å²) in [5.74, 6) is 0.821. The first-order valence-corrected chi connectivity index (χ1v) is 7.16. The Morgan fingerprint density at radius 2 is 2.14 bits per heavy atom. The van der Waals surface area contributed by atoms with Crippen molar-refractivity contribution in [3.05, 3.63) is 47.7 Å². The minimum Gasteiger partial charge on any atom is -0.383 e. The highest BCUT2D eigenvalue weighted by Crippen LogP contribution is 2.26. The summed E-state index contributed by atoms with van der Waals surface area (Å²) in [5.41, 5.74) is 1.61. The zero-order chi connectivity index (χ0) is 14.8. The van der Waals surface area contributed by atoms with E-state index in [9.17, 15) is 0 Å². The quantitative estimate of drug-likeness (QED) is 0.732. The van der Waals surface area contributed by atoms with Crippen LogP contribution < -0.4 is 0 Å². The molecule has 21 heavy (non-hydrogen) atoms. The molecule has 0 aliphatic rings. The fourth-order valence-corrected chi connectivity index (χ4v) is 2.65. The lowest BCUT2D eigenvalue weighted by Crippen LogP contribution is -2.11. The third kappa shape index (κ3) is 2.64. The summed E-state index contributed by atoms with van der Waals surface area (Å²) in [4.78, 5) is 9.09. The fourth-order valence-electron chi connectivity index (χ4n) is 2.42. The van der Waals surface area contributed by atoms with E-state index < -0.39 is 0 Å². The molecule has 0 aliphatic heterocycles. The first kappa shape index (κ1) is 14.0. The number of aromatic nitrogens is 3. The van der Waals surface area contributed by atoms with Crippen LogP contribution in [0.5, 0.6) is 0 Å². The average Bonchev–Trinajstić information content (AvgIpc) is 2.97. The van der Waals surface area contributed by atoms with Gasteiger partial charge in [0.15, 0.2) is 5.82 Å². The number of fused-ring (bicyclic) bond motifs is 1. The van der Waals surface area contributed by atoms with Crippen molar-refractivity contribution in [3.8, 4) is 11.5 Å². The number of para-hydroxylation sites is 1. The van der Waals surface area contributed by atoms with Gasteiger partial charge in [-0.2, -0.15) is 0 Å². The molecule has 0 saturated heterocycles. The Balaban J connectivity index is 2.09. The smallest absolute Gasteiger partial charge is 0.158 e. The third-order valence-corrected chi connectivity index (χ3v) is 3.76. The number of pyridine rings is 1. The van der Waals surface area contributed by atoms with Crippen LogP contribution in [0.1, 0.15) is 13.0 Å². The number of imidazole rings is 1. The summed E-state index contributed by atoms with van der Waals surface area (Å²) in [6, 6.07) is 9.95. The van der Waals surface area contributed by atoms with Crippen molar-refractivity contribution >= 4 is 22.5 Å². The van der Waals surface area contributed by atoms with Gasteiger partial charge in [0.2, 0.25) is 0 Å². The number of hydrogen-bond donors (Lipinski definition) is 0. The number of ether oxygens (including phenoxy) is 1. The first-order chi connectivity index (χ1) is 10.2. The van der Waals surface area contributed by atoms with Gasteiger partial charge in [-0.3, -0.25) is 0 Å². The van der Waals surface area contributed by atoms with E-state index in [4.69, 9.17) is 16.3 Å². The molecular formula is C16H16ClN3O. The molecule has 108 valence electrons. The van der Waals surface area contributed by atoms with Gasteiger partial charge in [-0.15, -0.1) is 0 Å². The number of methoxy groups -OCH3 is 1. The molecule has 0 radical (unpaired) electrons. The highest BCUT2D eigenvalue weighted by atomic mass is 35.5. The molecule has 2 heterocycles. The monoisotopic (exact) mass is 301 g/mol. The standard InChI is InChI=1S/C16H16ClN3O/c1-11(10-21-2)20-9-8-18-16(20)14-7-6-12-4-3-5-13(17)15(12)19-14/h3-9,11H,10H2,1-2H3. The van der Waals surface area contributed by atoms with E-state index in [1.165, 1.54) is 0 Å². The van der Waals surface area contributed by atoms with Crippen LogP contribution >= 0.6 is 11.6 Å². The first-order valence-electron chi connectivity index (χ1n) is 6.78. The molecule has 0 fully saturated rings. The van der Waals surface area contributed by atoms with Gasteiger partial charge in [-0.25, -0.2) is 9.97 Å². The van der Waals surface area contributed by atoms with Gasteiger partial charge < -0.3 is 9.30 Å². The number of nitrogens with zero attached hydrogens (tertiary/aromatic N) is 3. The van der Waals surface area contributed by atoms with Crippen LogP contribution in [0.25, 0.3) is 22.4 Å². The maximum atomic E-state index is 6.23. The van der Waals surface area contributed by atoms with Crippen molar-refractivity contribution < 1.29 is 4.74 Å². The number of hydrogen-bond acceptors (Lipinski definition) is 3. The molecule has 3 rings (SSSR count). The highest BCUT2D eigenvalue weighted by Gasteiger charge is 2.13. The van der Waals surface area contributed by atoms with E-state index in [-0.39, 0.29) is 6.04 Å². The lowest BCUT2D eigenvalue weighted by molar-refractivity contribution is 0.163. The molecule has 1 aromatic carbocycles. The van der Waals surface area contributed by atoms with Crippen LogP contribution in [0.3, 0.4) is 0 Å². The zero-order valence-electron chi connectivity index (χ0n) is 12.0. The molecule has 0 N–H and O–H groups in total. The lowest BCUT2D eigenvalue weighted by atomic mass is 10.2. The second kappa shape index (κ2) is 5.84. The summed E-state index contributed by atoms with van der Waals surface area (Å²) < 4.78 is 7.28. The van der Waals surface area contributed by atoms with Crippen molar-refractivity contribution in [3.63, 3.8) is 0 Å². The molecule has 4 nitrogen and oxygen atoms in total. The van der Waals surface area contributed by atoms with Crippen LogP contribution in [0.2, 0.25) is 5.02 Å². The Morgan fingerprint density at radius 3 is 2.95 bits per heavy atom. The second-order valence-corrected chi connectivity index (χ2v) is 5.38. The molecule has 3 aromatic rings. The van der Waals surface area contributed by atoms with Crippen molar-refractivity contribution in [1.29, 1.82) is 0 Å². The van der Waals surface area contributed by atoms with Gasteiger partial charge in [-0.05, 0) is 19.1 Å². The predicted molar refractivity (Wildman–Crippen MR) is 84.6 cm³/mol. The molecule has 0 spiro atoms. The van der Waals surface area contributed by atoms with Crippen LogP contribution in [-0.4, -0.2) is 28.3 Å². The largest absolute Gasteiger partial charge is 0.383 e. The van der Waals surface area contributed by atoms with Crippen LogP contribution in [-0.2, 0) is 4.74 Å². The topological polar surface area (TPSA) is 39.9 Å². The highest BCUT2D eigenvalue weighted by molar-refractivity contribution is 6.35. The van der Waals surface area contributed by atoms with Gasteiger partial charge in [0, 0.05) is 24.9 Å². The van der Waals surface area contributed by atoms with Crippen LogP contribution in [0, 0.1) is 0 Å². The fraction of sp³-hybridized carbons (Fsp3) is 0.250. The zero-order valence-corrected chi connectivity index (χ0v) is 12.7.